The molecule has 0 amide bonds. The minimum absolute atomic E-state index is 0.217. The first-order valence-corrected chi connectivity index (χ1v) is 8.79. The number of aromatic nitrogens is 3. The molecule has 0 aromatic carbocycles. The standard InChI is InChI=1S/C18H25N5O2/c1-3-23-16-5-4-13(10-14(16)17(22-23)18(24)25)20-8-9-21-15-6-7-19-11-12(15)2/h6-7,11,13,20H,3-5,8-10H2,1-2H3,(H,19,21)(H,24,25). The molecule has 134 valence electrons. The number of aryl methyl sites for hydroxylation is 2. The number of anilines is 1. The summed E-state index contributed by atoms with van der Waals surface area (Å²) < 4.78 is 1.84. The van der Waals surface area contributed by atoms with Crippen LogP contribution in [0.25, 0.3) is 0 Å². The van der Waals surface area contributed by atoms with Crippen LogP contribution in [0, 0.1) is 6.92 Å². The normalized spacial score (nSPS) is 16.5. The van der Waals surface area contributed by atoms with Crippen LogP contribution >= 0.6 is 0 Å². The molecule has 1 aliphatic rings. The number of rotatable bonds is 7. The Hall–Kier alpha value is -2.41. The molecule has 1 aliphatic carbocycles. The molecule has 0 saturated heterocycles. The second-order valence-corrected chi connectivity index (χ2v) is 6.41. The third-order valence-electron chi connectivity index (χ3n) is 4.74. The first-order chi connectivity index (χ1) is 12.1. The molecule has 25 heavy (non-hydrogen) atoms. The van der Waals surface area contributed by atoms with Crippen molar-refractivity contribution in [1.29, 1.82) is 0 Å². The minimum atomic E-state index is -0.932. The van der Waals surface area contributed by atoms with E-state index in [-0.39, 0.29) is 5.69 Å². The Balaban J connectivity index is 1.55. The predicted octanol–water partition coefficient (Wildman–Crippen LogP) is 1.86. The molecule has 3 N–H and O–H groups in total. The summed E-state index contributed by atoms with van der Waals surface area (Å²) in [5, 5.41) is 20.6. The van der Waals surface area contributed by atoms with Gasteiger partial charge in [0.15, 0.2) is 5.69 Å². The van der Waals surface area contributed by atoms with Crippen LogP contribution in [0.15, 0.2) is 18.5 Å². The van der Waals surface area contributed by atoms with Crippen molar-refractivity contribution in [1.82, 2.24) is 20.1 Å². The van der Waals surface area contributed by atoms with E-state index in [0.717, 1.165) is 54.9 Å². The molecule has 1 atom stereocenters. The van der Waals surface area contributed by atoms with Crippen LogP contribution in [0.3, 0.4) is 0 Å². The molecule has 7 nitrogen and oxygen atoms in total. The van der Waals surface area contributed by atoms with Crippen molar-refractivity contribution in [3.05, 3.63) is 41.0 Å². The summed E-state index contributed by atoms with van der Waals surface area (Å²) in [6.07, 6.45) is 6.23. The van der Waals surface area contributed by atoms with E-state index in [1.165, 1.54) is 0 Å². The summed E-state index contributed by atoms with van der Waals surface area (Å²) >= 11 is 0. The summed E-state index contributed by atoms with van der Waals surface area (Å²) in [6, 6.07) is 2.26. The van der Waals surface area contributed by atoms with Crippen LogP contribution in [0.4, 0.5) is 5.69 Å². The largest absolute Gasteiger partial charge is 0.476 e. The highest BCUT2D eigenvalue weighted by Crippen LogP contribution is 2.25. The highest BCUT2D eigenvalue weighted by Gasteiger charge is 2.28. The van der Waals surface area contributed by atoms with E-state index in [0.29, 0.717) is 12.6 Å². The van der Waals surface area contributed by atoms with E-state index in [1.54, 1.807) is 6.20 Å². The number of nitrogens with zero attached hydrogens (tertiary/aromatic N) is 3. The maximum Gasteiger partial charge on any atom is 0.356 e. The molecule has 7 heteroatoms. The van der Waals surface area contributed by atoms with E-state index in [9.17, 15) is 9.90 Å². The van der Waals surface area contributed by atoms with Crippen LogP contribution in [-0.4, -0.2) is 45.0 Å². The predicted molar refractivity (Wildman–Crippen MR) is 96.1 cm³/mol. The fraction of sp³-hybridized carbons (Fsp3) is 0.500. The van der Waals surface area contributed by atoms with Crippen LogP contribution < -0.4 is 10.6 Å². The first-order valence-electron chi connectivity index (χ1n) is 8.79. The van der Waals surface area contributed by atoms with Gasteiger partial charge in [0.25, 0.3) is 0 Å². The van der Waals surface area contributed by atoms with Gasteiger partial charge in [-0.05, 0) is 44.7 Å². The van der Waals surface area contributed by atoms with Crippen molar-refractivity contribution in [3.8, 4) is 0 Å². The fourth-order valence-electron chi connectivity index (χ4n) is 3.44. The summed E-state index contributed by atoms with van der Waals surface area (Å²) in [5.41, 5.74) is 4.43. The molecule has 0 aliphatic heterocycles. The maximum atomic E-state index is 11.4. The molecule has 0 bridgehead atoms. The highest BCUT2D eigenvalue weighted by molar-refractivity contribution is 5.87. The molecule has 2 aromatic rings. The van der Waals surface area contributed by atoms with Crippen LogP contribution in [0.1, 0.15) is 40.7 Å². The lowest BCUT2D eigenvalue weighted by Gasteiger charge is -2.24. The Labute approximate surface area is 147 Å². The van der Waals surface area contributed by atoms with Gasteiger partial charge in [0.1, 0.15) is 0 Å². The summed E-state index contributed by atoms with van der Waals surface area (Å²) in [4.78, 5) is 15.5. The van der Waals surface area contributed by atoms with Crippen molar-refractivity contribution in [2.45, 2.75) is 45.7 Å². The Kier molecular flexibility index (Phi) is 5.33. The fourth-order valence-corrected chi connectivity index (χ4v) is 3.44. The van der Waals surface area contributed by atoms with Gasteiger partial charge in [-0.2, -0.15) is 5.10 Å². The summed E-state index contributed by atoms with van der Waals surface area (Å²) in [7, 11) is 0. The minimum Gasteiger partial charge on any atom is -0.476 e. The lowest BCUT2D eigenvalue weighted by Crippen LogP contribution is -2.37. The number of hydrogen-bond acceptors (Lipinski definition) is 5. The molecule has 0 radical (unpaired) electrons. The Morgan fingerprint density at radius 2 is 2.28 bits per heavy atom. The lowest BCUT2D eigenvalue weighted by atomic mass is 9.91. The number of carbonyl (C=O) groups is 1. The number of nitrogens with one attached hydrogen (secondary N) is 2. The first kappa shape index (κ1) is 17.4. The second kappa shape index (κ2) is 7.65. The van der Waals surface area contributed by atoms with Crippen molar-refractivity contribution in [3.63, 3.8) is 0 Å². The van der Waals surface area contributed by atoms with Gasteiger partial charge in [-0.1, -0.05) is 0 Å². The van der Waals surface area contributed by atoms with E-state index in [1.807, 2.05) is 30.8 Å². The van der Waals surface area contributed by atoms with Crippen LogP contribution in [0.2, 0.25) is 0 Å². The van der Waals surface area contributed by atoms with Gasteiger partial charge in [0.2, 0.25) is 0 Å². The number of pyridine rings is 1. The number of carboxylic acid groups (broad SMARTS) is 1. The molecular weight excluding hydrogens is 318 g/mol. The van der Waals surface area contributed by atoms with E-state index >= 15 is 0 Å². The van der Waals surface area contributed by atoms with Crippen molar-refractivity contribution >= 4 is 11.7 Å². The zero-order valence-corrected chi connectivity index (χ0v) is 14.7. The average Bonchev–Trinajstić information content (AvgIpc) is 2.98. The van der Waals surface area contributed by atoms with Gasteiger partial charge in [-0.25, -0.2) is 4.79 Å². The quantitative estimate of drug-likeness (QED) is 0.665. The Morgan fingerprint density at radius 1 is 1.44 bits per heavy atom. The number of carboxylic acids is 1. The summed E-state index contributed by atoms with van der Waals surface area (Å²) in [5.74, 6) is -0.932. The zero-order chi connectivity index (χ0) is 17.8. The molecule has 1 unspecified atom stereocenters. The van der Waals surface area contributed by atoms with Crippen molar-refractivity contribution in [2.24, 2.45) is 0 Å². The third-order valence-corrected chi connectivity index (χ3v) is 4.74. The molecule has 3 rings (SSSR count). The topological polar surface area (TPSA) is 92.1 Å². The summed E-state index contributed by atoms with van der Waals surface area (Å²) in [6.45, 7) is 6.38. The van der Waals surface area contributed by atoms with Gasteiger partial charge in [-0.15, -0.1) is 0 Å². The second-order valence-electron chi connectivity index (χ2n) is 6.41. The Bertz CT molecular complexity index is 756. The number of aromatic carboxylic acids is 1. The van der Waals surface area contributed by atoms with E-state index < -0.39 is 5.97 Å². The molecular formula is C18H25N5O2. The van der Waals surface area contributed by atoms with E-state index in [4.69, 9.17) is 0 Å². The van der Waals surface area contributed by atoms with Crippen molar-refractivity contribution < 1.29 is 9.90 Å². The van der Waals surface area contributed by atoms with Gasteiger partial charge >= 0.3 is 5.97 Å². The zero-order valence-electron chi connectivity index (χ0n) is 14.7. The van der Waals surface area contributed by atoms with Gasteiger partial charge in [0.05, 0.1) is 0 Å². The maximum absolute atomic E-state index is 11.4. The average molecular weight is 343 g/mol. The third kappa shape index (κ3) is 3.82. The number of fused-ring (bicyclic) bond motifs is 1. The van der Waals surface area contributed by atoms with Gasteiger partial charge < -0.3 is 15.7 Å². The monoisotopic (exact) mass is 343 g/mol. The molecule has 0 fully saturated rings. The van der Waals surface area contributed by atoms with Crippen LogP contribution in [-0.2, 0) is 19.4 Å². The molecule has 2 aromatic heterocycles. The molecule has 0 spiro atoms. The lowest BCUT2D eigenvalue weighted by molar-refractivity contribution is 0.0688. The van der Waals surface area contributed by atoms with Gasteiger partial charge in [-0.3, -0.25) is 9.67 Å². The smallest absolute Gasteiger partial charge is 0.356 e. The van der Waals surface area contributed by atoms with E-state index in [2.05, 4.69) is 20.7 Å². The number of hydrogen-bond donors (Lipinski definition) is 3. The van der Waals surface area contributed by atoms with Crippen LogP contribution in [0.5, 0.6) is 0 Å². The SMILES string of the molecule is CCn1nc(C(=O)O)c2c1CCC(NCCNc1ccncc1C)C2. The molecule has 2 heterocycles. The van der Waals surface area contributed by atoms with Gasteiger partial charge in [0, 0.05) is 55.0 Å². The molecule has 0 saturated carbocycles. The Morgan fingerprint density at radius 3 is 3.00 bits per heavy atom. The highest BCUT2D eigenvalue weighted by atomic mass is 16.4. The van der Waals surface area contributed by atoms with Crippen molar-refractivity contribution in [2.75, 3.05) is 18.4 Å².